The molecule has 2 atom stereocenters. The van der Waals surface area contributed by atoms with Crippen LogP contribution in [-0.2, 0) is 14.3 Å². The Labute approximate surface area is 131 Å². The van der Waals surface area contributed by atoms with Crippen molar-refractivity contribution in [3.63, 3.8) is 0 Å². The Morgan fingerprint density at radius 3 is 2.23 bits per heavy atom. The summed E-state index contributed by atoms with van der Waals surface area (Å²) in [5, 5.41) is 9.53. The number of fused-ring (bicyclic) bond motifs is 2. The van der Waals surface area contributed by atoms with E-state index in [0.717, 1.165) is 12.8 Å². The van der Waals surface area contributed by atoms with Crippen molar-refractivity contribution in [2.75, 3.05) is 6.61 Å². The number of carbonyl (C=O) groups excluding carboxylic acids is 2. The van der Waals surface area contributed by atoms with Crippen LogP contribution in [0.3, 0.4) is 0 Å². The maximum absolute atomic E-state index is 12.4. The average molecular weight is 308 g/mol. The van der Waals surface area contributed by atoms with Gasteiger partial charge in [0.2, 0.25) is 0 Å². The van der Waals surface area contributed by atoms with Crippen molar-refractivity contribution in [2.24, 2.45) is 5.41 Å². The summed E-state index contributed by atoms with van der Waals surface area (Å²) >= 11 is 0. The predicted octanol–water partition coefficient (Wildman–Crippen LogP) is 2.62. The lowest BCUT2D eigenvalue weighted by molar-refractivity contribution is -0.155. The monoisotopic (exact) mass is 308 g/mol. The minimum absolute atomic E-state index is 0.127. The molecule has 0 radical (unpaired) electrons. The molecule has 122 valence electrons. The highest BCUT2D eigenvalue weighted by Crippen LogP contribution is 2.46. The molecule has 6 nitrogen and oxygen atoms in total. The van der Waals surface area contributed by atoms with E-state index in [2.05, 4.69) is 6.07 Å². The molecule has 0 aromatic rings. The standard InChI is InChI=1S/C16H24N2O4/c1-5-21-13(19)16(10-17)8-11-6-7-12(9-16)18(11)14(20)22-15(2,3)4/h11-12H,5-9H2,1-4H3. The van der Waals surface area contributed by atoms with Crippen LogP contribution >= 0.6 is 0 Å². The third kappa shape index (κ3) is 3.03. The summed E-state index contributed by atoms with van der Waals surface area (Å²) in [6.45, 7) is 7.47. The lowest BCUT2D eigenvalue weighted by atomic mass is 9.76. The minimum Gasteiger partial charge on any atom is -0.465 e. The second kappa shape index (κ2) is 5.79. The van der Waals surface area contributed by atoms with E-state index in [1.165, 1.54) is 0 Å². The van der Waals surface area contributed by atoms with E-state index in [4.69, 9.17) is 9.47 Å². The van der Waals surface area contributed by atoms with Gasteiger partial charge in [0.1, 0.15) is 5.60 Å². The summed E-state index contributed by atoms with van der Waals surface area (Å²) in [5.41, 5.74) is -1.68. The van der Waals surface area contributed by atoms with Crippen LogP contribution in [0.1, 0.15) is 53.4 Å². The highest BCUT2D eigenvalue weighted by Gasteiger charge is 2.55. The fourth-order valence-electron chi connectivity index (χ4n) is 3.44. The molecule has 2 heterocycles. The molecule has 0 saturated carbocycles. The van der Waals surface area contributed by atoms with E-state index < -0.39 is 17.0 Å². The van der Waals surface area contributed by atoms with Crippen LogP contribution in [0.4, 0.5) is 4.79 Å². The molecule has 2 bridgehead atoms. The van der Waals surface area contributed by atoms with E-state index in [0.29, 0.717) is 12.8 Å². The Hall–Kier alpha value is -1.77. The van der Waals surface area contributed by atoms with Gasteiger partial charge < -0.3 is 14.4 Å². The zero-order valence-electron chi connectivity index (χ0n) is 13.7. The lowest BCUT2D eigenvalue weighted by Gasteiger charge is -2.41. The van der Waals surface area contributed by atoms with Crippen molar-refractivity contribution in [3.8, 4) is 6.07 Å². The zero-order chi connectivity index (χ0) is 16.5. The van der Waals surface area contributed by atoms with Gasteiger partial charge in [0.05, 0.1) is 12.7 Å². The molecule has 1 amide bonds. The number of esters is 1. The molecule has 0 N–H and O–H groups in total. The smallest absolute Gasteiger partial charge is 0.410 e. The molecular weight excluding hydrogens is 284 g/mol. The van der Waals surface area contributed by atoms with Gasteiger partial charge in [-0.15, -0.1) is 0 Å². The summed E-state index contributed by atoms with van der Waals surface area (Å²) in [6.07, 6.45) is 1.91. The second-order valence-electron chi connectivity index (χ2n) is 7.10. The normalized spacial score (nSPS) is 30.6. The highest BCUT2D eigenvalue weighted by molar-refractivity contribution is 5.81. The number of carbonyl (C=O) groups is 2. The first-order valence-corrected chi connectivity index (χ1v) is 7.82. The first-order chi connectivity index (χ1) is 10.2. The zero-order valence-corrected chi connectivity index (χ0v) is 13.7. The summed E-state index contributed by atoms with van der Waals surface area (Å²) in [5.74, 6) is -0.460. The maximum Gasteiger partial charge on any atom is 0.410 e. The van der Waals surface area contributed by atoms with E-state index in [-0.39, 0.29) is 24.8 Å². The minimum atomic E-state index is -1.12. The molecule has 2 rings (SSSR count). The number of piperidine rings is 1. The molecule has 2 saturated heterocycles. The van der Waals surface area contributed by atoms with Gasteiger partial charge in [0, 0.05) is 12.1 Å². The molecule has 0 aliphatic carbocycles. The molecule has 2 fully saturated rings. The van der Waals surface area contributed by atoms with Gasteiger partial charge in [-0.05, 0) is 53.4 Å². The van der Waals surface area contributed by atoms with Crippen LogP contribution < -0.4 is 0 Å². The van der Waals surface area contributed by atoms with Crippen LogP contribution in [0.5, 0.6) is 0 Å². The van der Waals surface area contributed by atoms with Gasteiger partial charge in [-0.3, -0.25) is 4.79 Å². The van der Waals surface area contributed by atoms with E-state index in [1.54, 1.807) is 11.8 Å². The number of hydrogen-bond acceptors (Lipinski definition) is 5. The Morgan fingerprint density at radius 2 is 1.82 bits per heavy atom. The van der Waals surface area contributed by atoms with Crippen LogP contribution in [-0.4, -0.2) is 41.3 Å². The first kappa shape index (κ1) is 16.6. The van der Waals surface area contributed by atoms with Gasteiger partial charge in [0.25, 0.3) is 0 Å². The number of nitrogens with zero attached hydrogens (tertiary/aromatic N) is 2. The number of amides is 1. The van der Waals surface area contributed by atoms with Crippen molar-refractivity contribution in [1.29, 1.82) is 5.26 Å². The van der Waals surface area contributed by atoms with E-state index >= 15 is 0 Å². The molecule has 2 unspecified atom stereocenters. The van der Waals surface area contributed by atoms with Crippen molar-refractivity contribution in [3.05, 3.63) is 0 Å². The quantitative estimate of drug-likeness (QED) is 0.733. The van der Waals surface area contributed by atoms with Gasteiger partial charge in [-0.25, -0.2) is 4.79 Å². The van der Waals surface area contributed by atoms with Gasteiger partial charge in [-0.1, -0.05) is 0 Å². The lowest BCUT2D eigenvalue weighted by Crippen LogP contribution is -2.53. The average Bonchev–Trinajstić information content (AvgIpc) is 2.69. The molecular formula is C16H24N2O4. The Bertz CT molecular complexity index is 489. The largest absolute Gasteiger partial charge is 0.465 e. The van der Waals surface area contributed by atoms with Crippen LogP contribution in [0.15, 0.2) is 0 Å². The topological polar surface area (TPSA) is 79.6 Å². The molecule has 0 aromatic heterocycles. The summed E-state index contributed by atoms with van der Waals surface area (Å²) < 4.78 is 10.5. The van der Waals surface area contributed by atoms with E-state index in [1.807, 2.05) is 20.8 Å². The molecule has 0 aromatic carbocycles. The van der Waals surface area contributed by atoms with E-state index in [9.17, 15) is 14.9 Å². The highest BCUT2D eigenvalue weighted by atomic mass is 16.6. The molecule has 2 aliphatic heterocycles. The Kier molecular flexibility index (Phi) is 4.37. The van der Waals surface area contributed by atoms with Crippen LogP contribution in [0, 0.1) is 16.7 Å². The third-order valence-electron chi connectivity index (χ3n) is 4.27. The Morgan fingerprint density at radius 1 is 1.27 bits per heavy atom. The van der Waals surface area contributed by atoms with Gasteiger partial charge >= 0.3 is 12.1 Å². The fraction of sp³-hybridized carbons (Fsp3) is 0.812. The number of nitriles is 1. The molecule has 22 heavy (non-hydrogen) atoms. The van der Waals surface area contributed by atoms with Crippen molar-refractivity contribution in [1.82, 2.24) is 4.90 Å². The number of rotatable bonds is 2. The molecule has 2 aliphatic rings. The summed E-state index contributed by atoms with van der Waals surface area (Å²) in [4.78, 5) is 26.3. The van der Waals surface area contributed by atoms with Crippen LogP contribution in [0.2, 0.25) is 0 Å². The van der Waals surface area contributed by atoms with Crippen molar-refractivity contribution < 1.29 is 19.1 Å². The van der Waals surface area contributed by atoms with Gasteiger partial charge in [-0.2, -0.15) is 5.26 Å². The molecule has 6 heteroatoms. The maximum atomic E-state index is 12.4. The third-order valence-corrected chi connectivity index (χ3v) is 4.27. The van der Waals surface area contributed by atoms with Gasteiger partial charge in [0.15, 0.2) is 5.41 Å². The Balaban J connectivity index is 2.16. The summed E-state index contributed by atoms with van der Waals surface area (Å²) in [7, 11) is 0. The number of ether oxygens (including phenoxy) is 2. The second-order valence-corrected chi connectivity index (χ2v) is 7.10. The molecule has 0 spiro atoms. The summed E-state index contributed by atoms with van der Waals surface area (Å²) in [6, 6.07) is 1.90. The predicted molar refractivity (Wildman–Crippen MR) is 78.8 cm³/mol. The SMILES string of the molecule is CCOC(=O)C1(C#N)CC2CCC(C1)N2C(=O)OC(C)(C)C. The van der Waals surface area contributed by atoms with Crippen molar-refractivity contribution in [2.45, 2.75) is 71.1 Å². The number of hydrogen-bond donors (Lipinski definition) is 0. The fourth-order valence-corrected chi connectivity index (χ4v) is 3.44. The van der Waals surface area contributed by atoms with Crippen LogP contribution in [0.25, 0.3) is 0 Å². The first-order valence-electron chi connectivity index (χ1n) is 7.82. The van der Waals surface area contributed by atoms with Crippen molar-refractivity contribution >= 4 is 12.1 Å².